The second-order valence-electron chi connectivity index (χ2n) is 5.51. The van der Waals surface area contributed by atoms with Crippen LogP contribution in [0.3, 0.4) is 0 Å². The lowest BCUT2D eigenvalue weighted by Gasteiger charge is -2.22. The Kier molecular flexibility index (Phi) is 6.62. The Balaban J connectivity index is 0.00000208. The minimum atomic E-state index is 0. The standard InChI is InChI=1S/C19H20N4.HI/c1-2-21-19(22-14-16-9-7-15(13-20)8-10-16)23-12-11-17-5-3-4-6-18(17)23;/h3-10H,2,11-12,14H2,1H3,(H,21,22);1H. The van der Waals surface area contributed by atoms with E-state index in [0.29, 0.717) is 12.1 Å². The summed E-state index contributed by atoms with van der Waals surface area (Å²) in [5, 5.41) is 12.2. The summed E-state index contributed by atoms with van der Waals surface area (Å²) in [7, 11) is 0. The highest BCUT2D eigenvalue weighted by Gasteiger charge is 2.22. The Bertz CT molecular complexity index is 747. The fourth-order valence-corrected chi connectivity index (χ4v) is 2.80. The molecule has 24 heavy (non-hydrogen) atoms. The van der Waals surface area contributed by atoms with Crippen molar-refractivity contribution in [2.75, 3.05) is 18.0 Å². The first-order valence-corrected chi connectivity index (χ1v) is 7.94. The van der Waals surface area contributed by atoms with Gasteiger partial charge in [0.05, 0.1) is 18.2 Å². The van der Waals surface area contributed by atoms with Crippen LogP contribution in [-0.4, -0.2) is 19.0 Å². The van der Waals surface area contributed by atoms with Crippen LogP contribution in [0, 0.1) is 11.3 Å². The summed E-state index contributed by atoms with van der Waals surface area (Å²) in [6, 6.07) is 18.2. The molecule has 0 radical (unpaired) electrons. The van der Waals surface area contributed by atoms with Gasteiger partial charge in [-0.1, -0.05) is 30.3 Å². The molecule has 0 aromatic heterocycles. The van der Waals surface area contributed by atoms with Crippen LogP contribution in [0.5, 0.6) is 0 Å². The minimum Gasteiger partial charge on any atom is -0.356 e. The maximum absolute atomic E-state index is 8.86. The van der Waals surface area contributed by atoms with Crippen LogP contribution in [0.15, 0.2) is 53.5 Å². The number of anilines is 1. The van der Waals surface area contributed by atoms with E-state index in [-0.39, 0.29) is 24.0 Å². The van der Waals surface area contributed by atoms with Crippen LogP contribution in [-0.2, 0) is 13.0 Å². The maximum Gasteiger partial charge on any atom is 0.198 e. The fraction of sp³-hybridized carbons (Fsp3) is 0.263. The lowest BCUT2D eigenvalue weighted by molar-refractivity contribution is 0.882. The second-order valence-corrected chi connectivity index (χ2v) is 5.51. The predicted octanol–water partition coefficient (Wildman–Crippen LogP) is 3.70. The van der Waals surface area contributed by atoms with Gasteiger partial charge in [-0.05, 0) is 42.7 Å². The van der Waals surface area contributed by atoms with Crippen molar-refractivity contribution in [2.45, 2.75) is 19.9 Å². The van der Waals surface area contributed by atoms with Gasteiger partial charge in [0.25, 0.3) is 0 Å². The van der Waals surface area contributed by atoms with Crippen molar-refractivity contribution >= 4 is 35.6 Å². The van der Waals surface area contributed by atoms with Crippen molar-refractivity contribution in [1.29, 1.82) is 5.26 Å². The zero-order valence-electron chi connectivity index (χ0n) is 13.7. The molecule has 0 saturated heterocycles. The van der Waals surface area contributed by atoms with E-state index in [1.165, 1.54) is 11.3 Å². The van der Waals surface area contributed by atoms with Crippen LogP contribution in [0.4, 0.5) is 5.69 Å². The molecule has 3 rings (SSSR count). The summed E-state index contributed by atoms with van der Waals surface area (Å²) in [6.07, 6.45) is 1.05. The highest BCUT2D eigenvalue weighted by atomic mass is 127. The van der Waals surface area contributed by atoms with E-state index in [2.05, 4.69) is 47.5 Å². The van der Waals surface area contributed by atoms with E-state index in [1.54, 1.807) is 0 Å². The molecule has 0 spiro atoms. The van der Waals surface area contributed by atoms with E-state index in [1.807, 2.05) is 24.3 Å². The third kappa shape index (κ3) is 4.06. The molecule has 0 aliphatic carbocycles. The molecule has 5 heteroatoms. The van der Waals surface area contributed by atoms with Crippen molar-refractivity contribution in [3.63, 3.8) is 0 Å². The number of benzene rings is 2. The molecular weight excluding hydrogens is 411 g/mol. The third-order valence-corrected chi connectivity index (χ3v) is 3.97. The number of guanidine groups is 1. The first-order valence-electron chi connectivity index (χ1n) is 7.94. The van der Waals surface area contributed by atoms with Crippen LogP contribution in [0.25, 0.3) is 0 Å². The smallest absolute Gasteiger partial charge is 0.198 e. The van der Waals surface area contributed by atoms with Gasteiger partial charge < -0.3 is 10.2 Å². The summed E-state index contributed by atoms with van der Waals surface area (Å²) >= 11 is 0. The molecule has 4 nitrogen and oxygen atoms in total. The average molecular weight is 432 g/mol. The molecule has 1 heterocycles. The summed E-state index contributed by atoms with van der Waals surface area (Å²) in [5.41, 5.74) is 4.40. The molecule has 0 saturated carbocycles. The lowest BCUT2D eigenvalue weighted by atomic mass is 10.1. The topological polar surface area (TPSA) is 51.4 Å². The predicted molar refractivity (Wildman–Crippen MR) is 109 cm³/mol. The summed E-state index contributed by atoms with van der Waals surface area (Å²) < 4.78 is 0. The van der Waals surface area contributed by atoms with E-state index in [4.69, 9.17) is 10.3 Å². The van der Waals surface area contributed by atoms with Crippen molar-refractivity contribution in [1.82, 2.24) is 5.32 Å². The van der Waals surface area contributed by atoms with Gasteiger partial charge >= 0.3 is 0 Å². The molecule has 2 aromatic rings. The average Bonchev–Trinajstić information content (AvgIpc) is 3.03. The fourth-order valence-electron chi connectivity index (χ4n) is 2.80. The van der Waals surface area contributed by atoms with Crippen LogP contribution >= 0.6 is 24.0 Å². The van der Waals surface area contributed by atoms with Gasteiger partial charge in [0.2, 0.25) is 0 Å². The van der Waals surface area contributed by atoms with Crippen molar-refractivity contribution in [2.24, 2.45) is 4.99 Å². The Morgan fingerprint density at radius 1 is 1.21 bits per heavy atom. The number of hydrogen-bond donors (Lipinski definition) is 1. The molecule has 0 fully saturated rings. The van der Waals surface area contributed by atoms with Gasteiger partial charge in [0.15, 0.2) is 5.96 Å². The molecule has 1 aliphatic heterocycles. The first kappa shape index (κ1) is 18.3. The van der Waals surface area contributed by atoms with Gasteiger partial charge in [-0.2, -0.15) is 5.26 Å². The minimum absolute atomic E-state index is 0. The first-order chi connectivity index (χ1) is 11.3. The summed E-state index contributed by atoms with van der Waals surface area (Å²) in [5.74, 6) is 0.918. The third-order valence-electron chi connectivity index (χ3n) is 3.97. The van der Waals surface area contributed by atoms with E-state index in [0.717, 1.165) is 31.0 Å². The molecule has 2 aromatic carbocycles. The number of nitrogens with one attached hydrogen (secondary N) is 1. The maximum atomic E-state index is 8.86. The molecular formula is C19H21IN4. The number of fused-ring (bicyclic) bond motifs is 1. The van der Waals surface area contributed by atoms with Gasteiger partial charge in [0, 0.05) is 18.8 Å². The number of rotatable bonds is 3. The van der Waals surface area contributed by atoms with E-state index >= 15 is 0 Å². The number of hydrogen-bond acceptors (Lipinski definition) is 2. The van der Waals surface area contributed by atoms with Crippen LogP contribution < -0.4 is 10.2 Å². The normalized spacial score (nSPS) is 13.0. The number of aliphatic imine (C=N–C) groups is 1. The number of para-hydroxylation sites is 1. The van der Waals surface area contributed by atoms with Gasteiger partial charge in [-0.25, -0.2) is 4.99 Å². The van der Waals surface area contributed by atoms with Gasteiger partial charge in [0.1, 0.15) is 0 Å². The lowest BCUT2D eigenvalue weighted by Crippen LogP contribution is -2.40. The van der Waals surface area contributed by atoms with Crippen molar-refractivity contribution in [3.8, 4) is 6.07 Å². The zero-order valence-corrected chi connectivity index (χ0v) is 16.0. The number of nitriles is 1. The molecule has 0 atom stereocenters. The highest BCUT2D eigenvalue weighted by Crippen LogP contribution is 2.27. The zero-order chi connectivity index (χ0) is 16.1. The molecule has 1 N–H and O–H groups in total. The summed E-state index contributed by atoms with van der Waals surface area (Å²) in [6.45, 7) is 4.48. The number of halogens is 1. The molecule has 1 aliphatic rings. The quantitative estimate of drug-likeness (QED) is 0.457. The van der Waals surface area contributed by atoms with Gasteiger partial charge in [-0.3, -0.25) is 0 Å². The highest BCUT2D eigenvalue weighted by molar-refractivity contribution is 14.0. The summed E-state index contributed by atoms with van der Waals surface area (Å²) in [4.78, 5) is 7.02. The monoisotopic (exact) mass is 432 g/mol. The van der Waals surface area contributed by atoms with Crippen molar-refractivity contribution < 1.29 is 0 Å². The van der Waals surface area contributed by atoms with Crippen LogP contribution in [0.2, 0.25) is 0 Å². The Morgan fingerprint density at radius 2 is 1.96 bits per heavy atom. The molecule has 0 bridgehead atoms. The van der Waals surface area contributed by atoms with E-state index in [9.17, 15) is 0 Å². The van der Waals surface area contributed by atoms with E-state index < -0.39 is 0 Å². The molecule has 0 unspecified atom stereocenters. The second kappa shape index (κ2) is 8.69. The SMILES string of the molecule is CCNC(=NCc1ccc(C#N)cc1)N1CCc2ccccc21.I. The number of nitrogens with zero attached hydrogens (tertiary/aromatic N) is 3. The Hall–Kier alpha value is -2.07. The largest absolute Gasteiger partial charge is 0.356 e. The van der Waals surface area contributed by atoms with Crippen molar-refractivity contribution in [3.05, 3.63) is 65.2 Å². The molecule has 124 valence electrons. The Morgan fingerprint density at radius 3 is 2.67 bits per heavy atom. The van der Waals surface area contributed by atoms with Crippen LogP contribution in [0.1, 0.15) is 23.6 Å². The Labute approximate surface area is 160 Å². The molecule has 0 amide bonds. The van der Waals surface area contributed by atoms with Gasteiger partial charge in [-0.15, -0.1) is 24.0 Å².